The van der Waals surface area contributed by atoms with Gasteiger partial charge >= 0.3 is 5.97 Å². The van der Waals surface area contributed by atoms with E-state index in [0.717, 1.165) is 0 Å². The van der Waals surface area contributed by atoms with E-state index in [1.807, 2.05) is 76.0 Å². The van der Waals surface area contributed by atoms with Crippen LogP contribution in [0.3, 0.4) is 0 Å². The minimum atomic E-state index is -0.546. The second-order valence-electron chi connectivity index (χ2n) is 5.30. The zero-order chi connectivity index (χ0) is 14.7. The highest BCUT2D eigenvalue weighted by Crippen LogP contribution is 2.26. The van der Waals surface area contributed by atoms with Crippen LogP contribution < -0.4 is 0 Å². The molecule has 0 aliphatic rings. The summed E-state index contributed by atoms with van der Waals surface area (Å²) >= 11 is 0. The van der Waals surface area contributed by atoms with Crippen molar-refractivity contribution in [2.24, 2.45) is 0 Å². The predicted octanol–water partition coefficient (Wildman–Crippen LogP) is -0.224. The Morgan fingerprint density at radius 2 is 1.22 bits per heavy atom. The summed E-state index contributed by atoms with van der Waals surface area (Å²) in [5.74, 6) is -0.835. The lowest BCUT2D eigenvalue weighted by Gasteiger charge is -2.54. The number of likely N-dealkylation sites (N-methyl/N-ethyl adjacent to an activating group) is 4. The minimum Gasteiger partial charge on any atom is -0.441 e. The van der Waals surface area contributed by atoms with Gasteiger partial charge < -0.3 is 4.74 Å². The molecule has 18 heavy (non-hydrogen) atoms. The van der Waals surface area contributed by atoms with Crippen molar-refractivity contribution in [1.29, 1.82) is 0 Å². The van der Waals surface area contributed by atoms with E-state index >= 15 is 0 Å². The molecule has 0 aliphatic heterocycles. The average Bonchev–Trinajstić information content (AvgIpc) is 2.14. The van der Waals surface area contributed by atoms with E-state index < -0.39 is 12.0 Å². The maximum atomic E-state index is 11.4. The molecule has 0 aromatic rings. The van der Waals surface area contributed by atoms with Crippen molar-refractivity contribution >= 4 is 5.97 Å². The van der Waals surface area contributed by atoms with Crippen LogP contribution in [0.25, 0.3) is 0 Å². The van der Waals surface area contributed by atoms with E-state index in [1.165, 1.54) is 6.92 Å². The molecule has 0 radical (unpaired) electrons. The Balaban J connectivity index is 5.68. The van der Waals surface area contributed by atoms with Crippen LogP contribution in [0.15, 0.2) is 0 Å². The highest BCUT2D eigenvalue weighted by molar-refractivity contribution is 5.66. The molecule has 1 unspecified atom stereocenters. The first-order valence-corrected chi connectivity index (χ1v) is 5.94. The number of hydrogen-bond acceptors (Lipinski definition) is 6. The minimum absolute atomic E-state index is 0.288. The van der Waals surface area contributed by atoms with Gasteiger partial charge in [-0.1, -0.05) is 0 Å². The Morgan fingerprint density at radius 1 is 0.889 bits per heavy atom. The normalized spacial score (nSPS) is 14.7. The second-order valence-corrected chi connectivity index (χ2v) is 5.30. The number of ether oxygens (including phenoxy) is 1. The van der Waals surface area contributed by atoms with Crippen molar-refractivity contribution in [2.45, 2.75) is 18.9 Å². The van der Waals surface area contributed by atoms with Crippen molar-refractivity contribution in [1.82, 2.24) is 19.6 Å². The number of carbonyl (C=O) groups excluding carboxylic acids is 1. The first-order valence-electron chi connectivity index (χ1n) is 5.94. The molecule has 0 N–H and O–H groups in total. The third-order valence-corrected chi connectivity index (χ3v) is 3.05. The van der Waals surface area contributed by atoms with E-state index in [1.54, 1.807) is 0 Å². The van der Waals surface area contributed by atoms with Gasteiger partial charge in [0.25, 0.3) is 0 Å². The predicted molar refractivity (Wildman–Crippen MR) is 73.0 cm³/mol. The Morgan fingerprint density at radius 3 is 1.39 bits per heavy atom. The van der Waals surface area contributed by atoms with Gasteiger partial charge in [-0.05, 0) is 56.4 Å². The molecule has 0 rings (SSSR count). The Labute approximate surface area is 111 Å². The molecular formula is C12H28N4O2. The summed E-state index contributed by atoms with van der Waals surface area (Å²) in [6.07, 6.45) is -0.407. The summed E-state index contributed by atoms with van der Waals surface area (Å²) in [6, 6.07) is 0. The fraction of sp³-hybridized carbons (Fsp3) is 0.917. The molecule has 0 bridgehead atoms. The highest BCUT2D eigenvalue weighted by atomic mass is 16.6. The number of esters is 1. The molecule has 0 aliphatic carbocycles. The molecule has 0 spiro atoms. The van der Waals surface area contributed by atoms with Gasteiger partial charge in [0.05, 0.1) is 0 Å². The average molecular weight is 260 g/mol. The van der Waals surface area contributed by atoms with Crippen LogP contribution in [0.1, 0.15) is 6.92 Å². The summed E-state index contributed by atoms with van der Waals surface area (Å²) in [7, 11) is 15.6. The monoisotopic (exact) mass is 260 g/mol. The van der Waals surface area contributed by atoms with E-state index in [4.69, 9.17) is 4.74 Å². The maximum absolute atomic E-state index is 11.4. The lowest BCUT2D eigenvalue weighted by molar-refractivity contribution is -0.233. The SMILES string of the molecule is CC(=O)OC(N(C)C)C(N(C)C)(N(C)C)N(C)C. The van der Waals surface area contributed by atoms with Crippen LogP contribution in [0, 0.1) is 0 Å². The molecule has 0 aromatic heterocycles. The molecule has 0 saturated carbocycles. The van der Waals surface area contributed by atoms with Gasteiger partial charge in [0.1, 0.15) is 0 Å². The molecule has 0 amide bonds. The quantitative estimate of drug-likeness (QED) is 0.485. The van der Waals surface area contributed by atoms with E-state index in [2.05, 4.69) is 0 Å². The van der Waals surface area contributed by atoms with Gasteiger partial charge in [0.15, 0.2) is 5.79 Å². The van der Waals surface area contributed by atoms with Gasteiger partial charge in [0, 0.05) is 6.92 Å². The van der Waals surface area contributed by atoms with Crippen molar-refractivity contribution in [3.05, 3.63) is 0 Å². The van der Waals surface area contributed by atoms with Gasteiger partial charge in [-0.25, -0.2) is 0 Å². The zero-order valence-electron chi connectivity index (χ0n) is 13.2. The van der Waals surface area contributed by atoms with Crippen molar-refractivity contribution in [3.63, 3.8) is 0 Å². The molecule has 0 heterocycles. The molecule has 108 valence electrons. The number of rotatable bonds is 6. The summed E-state index contributed by atoms with van der Waals surface area (Å²) in [5, 5.41) is 0. The smallest absolute Gasteiger partial charge is 0.304 e. The molecule has 6 nitrogen and oxygen atoms in total. The fourth-order valence-corrected chi connectivity index (χ4v) is 2.55. The number of carbonyl (C=O) groups is 1. The maximum Gasteiger partial charge on any atom is 0.304 e. The number of nitrogens with zero attached hydrogens (tertiary/aromatic N) is 4. The van der Waals surface area contributed by atoms with Gasteiger partial charge in [-0.2, -0.15) is 0 Å². The lowest BCUT2D eigenvalue weighted by Crippen LogP contribution is -2.74. The summed E-state index contributed by atoms with van der Waals surface area (Å²) in [4.78, 5) is 19.4. The molecular weight excluding hydrogens is 232 g/mol. The van der Waals surface area contributed by atoms with Crippen LogP contribution in [-0.2, 0) is 9.53 Å². The van der Waals surface area contributed by atoms with Crippen LogP contribution in [-0.4, -0.2) is 94.0 Å². The Kier molecular flexibility index (Phi) is 6.22. The van der Waals surface area contributed by atoms with Crippen LogP contribution in [0.4, 0.5) is 0 Å². The van der Waals surface area contributed by atoms with Crippen LogP contribution in [0.2, 0.25) is 0 Å². The van der Waals surface area contributed by atoms with E-state index in [9.17, 15) is 4.79 Å². The van der Waals surface area contributed by atoms with Crippen LogP contribution in [0.5, 0.6) is 0 Å². The molecule has 0 aromatic carbocycles. The van der Waals surface area contributed by atoms with Gasteiger partial charge in [-0.3, -0.25) is 24.4 Å². The third kappa shape index (κ3) is 3.20. The standard InChI is InChI=1S/C12H28N4O2/c1-10(17)18-11(13(2)3)12(14(4)5,15(6)7)16(8)9/h11H,1-9H3. The van der Waals surface area contributed by atoms with Crippen molar-refractivity contribution in [2.75, 3.05) is 56.4 Å². The highest BCUT2D eigenvalue weighted by Gasteiger charge is 2.49. The summed E-state index contributed by atoms with van der Waals surface area (Å²) in [5.41, 5.74) is 0. The topological polar surface area (TPSA) is 39.3 Å². The van der Waals surface area contributed by atoms with E-state index in [0.29, 0.717) is 0 Å². The van der Waals surface area contributed by atoms with Crippen molar-refractivity contribution in [3.8, 4) is 0 Å². The van der Waals surface area contributed by atoms with Crippen molar-refractivity contribution < 1.29 is 9.53 Å². The second kappa shape index (κ2) is 6.47. The summed E-state index contributed by atoms with van der Waals surface area (Å²) in [6.45, 7) is 1.43. The fourth-order valence-electron chi connectivity index (χ4n) is 2.55. The first kappa shape index (κ1) is 17.3. The van der Waals surface area contributed by atoms with Crippen LogP contribution >= 0.6 is 0 Å². The van der Waals surface area contributed by atoms with E-state index in [-0.39, 0.29) is 5.97 Å². The Bertz CT molecular complexity index is 255. The Hall–Kier alpha value is -0.690. The number of hydrogen-bond donors (Lipinski definition) is 0. The molecule has 1 atom stereocenters. The lowest BCUT2D eigenvalue weighted by atomic mass is 10.2. The largest absolute Gasteiger partial charge is 0.441 e. The summed E-state index contributed by atoms with van der Waals surface area (Å²) < 4.78 is 5.52. The first-order chi connectivity index (χ1) is 8.08. The third-order valence-electron chi connectivity index (χ3n) is 3.05. The molecule has 6 heteroatoms. The zero-order valence-corrected chi connectivity index (χ0v) is 13.2. The van der Waals surface area contributed by atoms with Gasteiger partial charge in [0.2, 0.25) is 6.23 Å². The van der Waals surface area contributed by atoms with Gasteiger partial charge in [-0.15, -0.1) is 0 Å². The molecule has 0 fully saturated rings. The molecule has 0 saturated heterocycles.